The van der Waals surface area contributed by atoms with Crippen LogP contribution in [0.15, 0.2) is 82.8 Å². The van der Waals surface area contributed by atoms with E-state index in [-0.39, 0.29) is 61.3 Å². The van der Waals surface area contributed by atoms with Gasteiger partial charge in [-0.25, -0.2) is 9.38 Å². The number of hydrogen-bond donors (Lipinski definition) is 9. The molecule has 0 bridgehead atoms. The number of imide groups is 1. The van der Waals surface area contributed by atoms with Crippen LogP contribution < -0.4 is 50.4 Å². The largest absolute Gasteiger partial charge is 0.398 e. The molecule has 6 amide bonds. The van der Waals surface area contributed by atoms with E-state index in [1.165, 1.54) is 30.3 Å². The van der Waals surface area contributed by atoms with E-state index in [1.807, 2.05) is 13.8 Å². The van der Waals surface area contributed by atoms with Gasteiger partial charge in [-0.3, -0.25) is 38.7 Å². The third kappa shape index (κ3) is 14.8. The molecule has 0 aliphatic rings. The van der Waals surface area contributed by atoms with Gasteiger partial charge in [-0.1, -0.05) is 50.2 Å². The van der Waals surface area contributed by atoms with Gasteiger partial charge in [-0.15, -0.1) is 0 Å². The number of anilines is 1. The van der Waals surface area contributed by atoms with Crippen LogP contribution in [0.5, 0.6) is 0 Å². The highest BCUT2D eigenvalue weighted by Gasteiger charge is 2.37. The molecule has 0 fully saturated rings. The molecule has 59 heavy (non-hydrogen) atoms. The molecule has 19 heteroatoms. The molecular weight excluding hydrogens is 764 g/mol. The van der Waals surface area contributed by atoms with Gasteiger partial charge < -0.3 is 50.4 Å². The Hall–Kier alpha value is -7.05. The molecule has 316 valence electrons. The maximum absolute atomic E-state index is 14.5. The lowest BCUT2D eigenvalue weighted by molar-refractivity contribution is -0.138. The van der Waals surface area contributed by atoms with Crippen LogP contribution in [0.4, 0.5) is 15.8 Å². The summed E-state index contributed by atoms with van der Waals surface area (Å²) in [7, 11) is 0. The first-order valence-corrected chi connectivity index (χ1v) is 18.7. The van der Waals surface area contributed by atoms with Crippen molar-refractivity contribution in [2.45, 2.75) is 77.0 Å². The molecule has 3 aromatic carbocycles. The number of nitrogens with two attached hydrogens (primary N) is 6. The molecule has 3 rings (SSSR count). The van der Waals surface area contributed by atoms with Crippen LogP contribution in [0, 0.1) is 11.7 Å². The number of aliphatic imine (C=N–C) groups is 2. The normalized spacial score (nSPS) is 12.8. The fourth-order valence-electron chi connectivity index (χ4n) is 6.08. The van der Waals surface area contributed by atoms with Crippen LogP contribution in [0.1, 0.15) is 61.5 Å². The van der Waals surface area contributed by atoms with Crippen molar-refractivity contribution in [1.82, 2.24) is 20.9 Å². The molecule has 4 atom stereocenters. The second-order valence-electron chi connectivity index (χ2n) is 14.2. The number of nitrogens with zero attached hydrogens (tertiary/aromatic N) is 3. The van der Waals surface area contributed by atoms with Crippen LogP contribution in [-0.4, -0.2) is 83.0 Å². The molecule has 0 aliphatic heterocycles. The van der Waals surface area contributed by atoms with Gasteiger partial charge in [0.1, 0.15) is 30.0 Å². The maximum atomic E-state index is 14.5. The molecule has 18 nitrogen and oxygen atoms in total. The van der Waals surface area contributed by atoms with Gasteiger partial charge in [-0.2, -0.15) is 0 Å². The fraction of sp³-hybridized carbons (Fsp3) is 0.350. The molecule has 0 radical (unpaired) electrons. The van der Waals surface area contributed by atoms with Crippen molar-refractivity contribution in [3.05, 3.63) is 95.3 Å². The summed E-state index contributed by atoms with van der Waals surface area (Å²) in [4.78, 5) is 90.7. The average molecular weight is 817 g/mol. The maximum Gasteiger partial charge on any atom is 0.263 e. The zero-order valence-electron chi connectivity index (χ0n) is 33.2. The molecular formula is C40H53FN12O6. The van der Waals surface area contributed by atoms with Crippen LogP contribution in [-0.2, 0) is 36.8 Å². The molecule has 0 spiro atoms. The third-order valence-electron chi connectivity index (χ3n) is 8.92. The fourth-order valence-corrected chi connectivity index (χ4v) is 6.08. The van der Waals surface area contributed by atoms with E-state index in [0.717, 1.165) is 24.0 Å². The lowest BCUT2D eigenvalue weighted by Crippen LogP contribution is -2.60. The Kier molecular flexibility index (Phi) is 17.3. The summed E-state index contributed by atoms with van der Waals surface area (Å²) >= 11 is 0. The molecule has 0 saturated heterocycles. The number of benzene rings is 3. The lowest BCUT2D eigenvalue weighted by atomic mass is 9.99. The van der Waals surface area contributed by atoms with Crippen molar-refractivity contribution in [3.63, 3.8) is 0 Å². The highest BCUT2D eigenvalue weighted by Crippen LogP contribution is 2.20. The Morgan fingerprint density at radius 2 is 1.27 bits per heavy atom. The smallest absolute Gasteiger partial charge is 0.263 e. The summed E-state index contributed by atoms with van der Waals surface area (Å²) in [5.41, 5.74) is 34.8. The first kappa shape index (κ1) is 46.3. The second kappa shape index (κ2) is 22.0. The molecule has 0 saturated carbocycles. The number of guanidine groups is 2. The zero-order valence-corrected chi connectivity index (χ0v) is 33.2. The number of amides is 6. The SMILES string of the molecule is CC(=O)N(C(=O)c1ccccc1N)C(Cc1ccc(F)cc1)C(=O)NC(Cc1ccc(N=C(N)N)cc1)C(=O)NC(CC(C)C)C(=O)NC(CCCN=C(N)N)C(N)=O. The number of rotatable bonds is 20. The molecule has 0 heterocycles. The standard InChI is InChI=1S/C40H53FN12O6/c1-22(2)19-31(35(56)50-30(34(43)55)9-6-18-48-39(44)45)51-36(57)32(20-24-12-16-27(17-13-24)49-40(46)47)52-37(58)33(21-25-10-14-26(41)15-11-25)53(23(3)54)38(59)28-7-4-5-8-29(28)42/h4-5,7-8,10-17,22,30-33H,6,9,18-21,42H2,1-3H3,(H2,43,55)(H,50,56)(H,51,57)(H,52,58)(H4,44,45,48)(H4,46,47,49). The summed E-state index contributed by atoms with van der Waals surface area (Å²) in [5.74, 6) is -5.99. The van der Waals surface area contributed by atoms with Crippen LogP contribution in [0.25, 0.3) is 0 Å². The van der Waals surface area contributed by atoms with Gasteiger partial charge in [-0.05, 0) is 72.7 Å². The first-order chi connectivity index (χ1) is 27.9. The molecule has 15 N–H and O–H groups in total. The van der Waals surface area contributed by atoms with Gasteiger partial charge in [0.2, 0.25) is 29.5 Å². The summed E-state index contributed by atoms with van der Waals surface area (Å²) in [6.07, 6.45) is 0.0847. The van der Waals surface area contributed by atoms with Crippen molar-refractivity contribution < 1.29 is 33.2 Å². The van der Waals surface area contributed by atoms with Crippen LogP contribution in [0.2, 0.25) is 0 Å². The van der Waals surface area contributed by atoms with Gasteiger partial charge in [0.25, 0.3) is 5.91 Å². The number of carbonyl (C=O) groups is 6. The Labute approximate surface area is 341 Å². The van der Waals surface area contributed by atoms with E-state index < -0.39 is 65.4 Å². The number of primary amides is 1. The van der Waals surface area contributed by atoms with E-state index in [4.69, 9.17) is 34.4 Å². The van der Waals surface area contributed by atoms with Gasteiger partial charge in [0.15, 0.2) is 11.9 Å². The molecule has 3 aromatic rings. The van der Waals surface area contributed by atoms with Crippen molar-refractivity contribution in [3.8, 4) is 0 Å². The van der Waals surface area contributed by atoms with E-state index in [0.29, 0.717) is 23.2 Å². The molecule has 0 aliphatic carbocycles. The van der Waals surface area contributed by atoms with Gasteiger partial charge >= 0.3 is 0 Å². The van der Waals surface area contributed by atoms with E-state index in [2.05, 4.69) is 25.9 Å². The number of nitrogens with one attached hydrogen (secondary N) is 3. The number of hydrogen-bond acceptors (Lipinski definition) is 9. The molecule has 4 unspecified atom stereocenters. The highest BCUT2D eigenvalue weighted by atomic mass is 19.1. The van der Waals surface area contributed by atoms with Gasteiger partial charge in [0.05, 0.1) is 11.3 Å². The van der Waals surface area contributed by atoms with Crippen molar-refractivity contribution >= 4 is 58.7 Å². The predicted octanol–water partition coefficient (Wildman–Crippen LogP) is 0.195. The number of halogens is 1. The van der Waals surface area contributed by atoms with E-state index in [1.54, 1.807) is 30.3 Å². The number of para-hydroxylation sites is 1. The Balaban J connectivity index is 2.05. The Morgan fingerprint density at radius 1 is 0.712 bits per heavy atom. The second-order valence-corrected chi connectivity index (χ2v) is 14.2. The summed E-state index contributed by atoms with van der Waals surface area (Å²) < 4.78 is 13.9. The highest BCUT2D eigenvalue weighted by molar-refractivity contribution is 6.10. The quantitative estimate of drug-likeness (QED) is 0.0321. The molecule has 0 aromatic heterocycles. The van der Waals surface area contributed by atoms with Crippen molar-refractivity contribution in [2.24, 2.45) is 44.6 Å². The number of nitrogen functional groups attached to an aromatic ring is 1. The number of carbonyl (C=O) groups excluding carboxylic acids is 6. The minimum atomic E-state index is -1.57. The van der Waals surface area contributed by atoms with Crippen molar-refractivity contribution in [2.75, 3.05) is 12.3 Å². The summed E-state index contributed by atoms with van der Waals surface area (Å²) in [6.45, 7) is 4.91. The minimum Gasteiger partial charge on any atom is -0.398 e. The summed E-state index contributed by atoms with van der Waals surface area (Å²) in [6, 6.07) is 12.2. The first-order valence-electron chi connectivity index (χ1n) is 18.7. The average Bonchev–Trinajstić information content (AvgIpc) is 3.16. The van der Waals surface area contributed by atoms with Crippen LogP contribution >= 0.6 is 0 Å². The topological polar surface area (TPSA) is 323 Å². The van der Waals surface area contributed by atoms with E-state index in [9.17, 15) is 33.2 Å². The minimum absolute atomic E-state index is 0.0490. The van der Waals surface area contributed by atoms with Gasteiger partial charge in [0, 0.05) is 32.0 Å². The van der Waals surface area contributed by atoms with E-state index >= 15 is 0 Å². The van der Waals surface area contributed by atoms with Crippen LogP contribution in [0.3, 0.4) is 0 Å². The lowest BCUT2D eigenvalue weighted by Gasteiger charge is -2.31. The predicted molar refractivity (Wildman–Crippen MR) is 222 cm³/mol. The Morgan fingerprint density at radius 3 is 1.83 bits per heavy atom. The third-order valence-corrected chi connectivity index (χ3v) is 8.92. The monoisotopic (exact) mass is 816 g/mol. The summed E-state index contributed by atoms with van der Waals surface area (Å²) in [5, 5.41) is 8.00. The Bertz CT molecular complexity index is 2020. The zero-order chi connectivity index (χ0) is 43.8. The van der Waals surface area contributed by atoms with Crippen molar-refractivity contribution in [1.29, 1.82) is 0 Å².